The first-order chi connectivity index (χ1) is 15.6. The average Bonchev–Trinajstić information content (AvgIpc) is 3.29. The number of nitrogens with zero attached hydrogens (tertiary/aromatic N) is 3. The van der Waals surface area contributed by atoms with Crippen LogP contribution in [0.3, 0.4) is 0 Å². The zero-order valence-electron chi connectivity index (χ0n) is 18.2. The fourth-order valence-corrected chi connectivity index (χ4v) is 4.82. The van der Waals surface area contributed by atoms with Crippen molar-refractivity contribution in [1.29, 1.82) is 0 Å². The number of thiazole rings is 1. The number of benzene rings is 2. The summed E-state index contributed by atoms with van der Waals surface area (Å²) in [7, 11) is 1.54. The second-order valence-electron chi connectivity index (χ2n) is 7.50. The Balaban J connectivity index is 1.36. The Hall–Kier alpha value is -2.61. The highest BCUT2D eigenvalue weighted by atomic mass is 35.5. The maximum atomic E-state index is 13.1. The fraction of sp³-hybridized carbons (Fsp3) is 0.333. The van der Waals surface area contributed by atoms with E-state index in [9.17, 15) is 4.79 Å². The van der Waals surface area contributed by atoms with Crippen LogP contribution in [0.5, 0.6) is 11.5 Å². The number of halogens is 1. The van der Waals surface area contributed by atoms with Crippen molar-refractivity contribution >= 4 is 28.8 Å². The second-order valence-corrected chi connectivity index (χ2v) is 8.77. The highest BCUT2D eigenvalue weighted by Gasteiger charge is 2.24. The molecule has 1 aromatic heterocycles. The van der Waals surface area contributed by atoms with Gasteiger partial charge in [-0.15, -0.1) is 11.3 Å². The summed E-state index contributed by atoms with van der Waals surface area (Å²) in [6.45, 7) is 6.04. The Labute approximate surface area is 197 Å². The van der Waals surface area contributed by atoms with Gasteiger partial charge in [0.15, 0.2) is 11.5 Å². The van der Waals surface area contributed by atoms with Crippen LogP contribution in [0.25, 0.3) is 10.6 Å². The van der Waals surface area contributed by atoms with Crippen molar-refractivity contribution in [2.45, 2.75) is 13.5 Å². The van der Waals surface area contributed by atoms with E-state index in [0.29, 0.717) is 41.8 Å². The lowest BCUT2D eigenvalue weighted by molar-refractivity contribution is 0.0627. The molecule has 1 fully saturated rings. The number of ether oxygens (including phenoxy) is 2. The highest BCUT2D eigenvalue weighted by molar-refractivity contribution is 7.13. The van der Waals surface area contributed by atoms with Crippen LogP contribution in [0.15, 0.2) is 47.8 Å². The number of piperazine rings is 1. The number of carbonyl (C=O) groups excluding carboxylic acids is 1. The minimum absolute atomic E-state index is 0.0482. The summed E-state index contributed by atoms with van der Waals surface area (Å²) in [6.07, 6.45) is 0. The highest BCUT2D eigenvalue weighted by Crippen LogP contribution is 2.36. The lowest BCUT2D eigenvalue weighted by Crippen LogP contribution is -2.48. The molecule has 1 aliphatic heterocycles. The Morgan fingerprint density at radius 1 is 1.16 bits per heavy atom. The molecule has 0 unspecified atom stereocenters. The molecular weight excluding hydrogens is 446 g/mol. The number of amides is 1. The van der Waals surface area contributed by atoms with E-state index in [1.165, 1.54) is 0 Å². The minimum Gasteiger partial charge on any atom is -0.493 e. The molecule has 0 saturated carbocycles. The summed E-state index contributed by atoms with van der Waals surface area (Å²) < 4.78 is 10.9. The van der Waals surface area contributed by atoms with Gasteiger partial charge in [0.2, 0.25) is 0 Å². The summed E-state index contributed by atoms with van der Waals surface area (Å²) in [5, 5.41) is 3.54. The van der Waals surface area contributed by atoms with Gasteiger partial charge in [-0.25, -0.2) is 4.98 Å². The van der Waals surface area contributed by atoms with E-state index in [2.05, 4.69) is 22.4 Å². The first-order valence-electron chi connectivity index (χ1n) is 10.6. The maximum absolute atomic E-state index is 13.1. The molecule has 4 rings (SSSR count). The standard InChI is InChI=1S/C24H26ClN3O3S/c1-3-31-22-20(25)13-18(14-21(22)30-2)24(29)28-11-9-27(10-12-28)15-19-16-32-23(26-19)17-7-5-4-6-8-17/h4-8,13-14,16H,3,9-12,15H2,1-2H3. The van der Waals surface area contributed by atoms with Crippen LogP contribution >= 0.6 is 22.9 Å². The van der Waals surface area contributed by atoms with E-state index in [4.69, 9.17) is 26.1 Å². The number of hydrogen-bond acceptors (Lipinski definition) is 6. The van der Waals surface area contributed by atoms with E-state index in [1.54, 1.807) is 30.6 Å². The Kier molecular flexibility index (Phi) is 7.29. The van der Waals surface area contributed by atoms with Crippen LogP contribution in [0, 0.1) is 0 Å². The second kappa shape index (κ2) is 10.3. The maximum Gasteiger partial charge on any atom is 0.254 e. The zero-order chi connectivity index (χ0) is 22.5. The SMILES string of the molecule is CCOc1c(Cl)cc(C(=O)N2CCN(Cc3csc(-c4ccccc4)n3)CC2)cc1OC. The van der Waals surface area contributed by atoms with Crippen LogP contribution in [0.2, 0.25) is 5.02 Å². The quantitative estimate of drug-likeness (QED) is 0.494. The molecule has 0 aliphatic carbocycles. The molecule has 0 N–H and O–H groups in total. The van der Waals surface area contributed by atoms with Gasteiger partial charge in [0.05, 0.1) is 24.4 Å². The predicted molar refractivity (Wildman–Crippen MR) is 128 cm³/mol. The first-order valence-corrected chi connectivity index (χ1v) is 11.9. The summed E-state index contributed by atoms with van der Waals surface area (Å²) in [4.78, 5) is 22.0. The van der Waals surface area contributed by atoms with Gasteiger partial charge in [0, 0.05) is 49.2 Å². The molecule has 8 heteroatoms. The molecule has 0 spiro atoms. The van der Waals surface area contributed by atoms with Crippen molar-refractivity contribution in [3.63, 3.8) is 0 Å². The van der Waals surface area contributed by atoms with Gasteiger partial charge in [-0.05, 0) is 19.1 Å². The van der Waals surface area contributed by atoms with Crippen molar-refractivity contribution in [2.75, 3.05) is 39.9 Å². The molecule has 168 valence electrons. The third-order valence-corrected chi connectivity index (χ3v) is 6.60. The van der Waals surface area contributed by atoms with Crippen molar-refractivity contribution in [2.24, 2.45) is 0 Å². The Morgan fingerprint density at radius 2 is 1.91 bits per heavy atom. The van der Waals surface area contributed by atoms with Gasteiger partial charge in [-0.3, -0.25) is 9.69 Å². The van der Waals surface area contributed by atoms with Crippen LogP contribution < -0.4 is 9.47 Å². The molecule has 0 radical (unpaired) electrons. The molecule has 1 amide bonds. The average molecular weight is 472 g/mol. The monoisotopic (exact) mass is 471 g/mol. The largest absolute Gasteiger partial charge is 0.493 e. The normalized spacial score (nSPS) is 14.4. The Morgan fingerprint density at radius 3 is 2.59 bits per heavy atom. The van der Waals surface area contributed by atoms with Crippen LogP contribution in [-0.2, 0) is 6.54 Å². The van der Waals surface area contributed by atoms with Crippen LogP contribution in [0.4, 0.5) is 0 Å². The molecule has 1 saturated heterocycles. The van der Waals surface area contributed by atoms with Gasteiger partial charge in [0.1, 0.15) is 5.01 Å². The van der Waals surface area contributed by atoms with Crippen molar-refractivity contribution in [3.05, 3.63) is 64.1 Å². The van der Waals surface area contributed by atoms with E-state index in [0.717, 1.165) is 35.9 Å². The molecule has 32 heavy (non-hydrogen) atoms. The van der Waals surface area contributed by atoms with Crippen molar-refractivity contribution in [3.8, 4) is 22.1 Å². The number of hydrogen-bond donors (Lipinski definition) is 0. The summed E-state index contributed by atoms with van der Waals surface area (Å²) in [5.41, 5.74) is 2.72. The van der Waals surface area contributed by atoms with E-state index in [-0.39, 0.29) is 5.91 Å². The number of methoxy groups -OCH3 is 1. The fourth-order valence-electron chi connectivity index (χ4n) is 3.74. The third kappa shape index (κ3) is 5.06. The van der Waals surface area contributed by atoms with Gasteiger partial charge < -0.3 is 14.4 Å². The third-order valence-electron chi connectivity index (χ3n) is 5.38. The van der Waals surface area contributed by atoms with Gasteiger partial charge >= 0.3 is 0 Å². The first kappa shape index (κ1) is 22.6. The van der Waals surface area contributed by atoms with E-state index in [1.807, 2.05) is 30.0 Å². The van der Waals surface area contributed by atoms with E-state index < -0.39 is 0 Å². The zero-order valence-corrected chi connectivity index (χ0v) is 19.8. The Bertz CT molecular complexity index is 1070. The molecule has 0 atom stereocenters. The molecular formula is C24H26ClN3O3S. The molecule has 3 aromatic rings. The van der Waals surface area contributed by atoms with E-state index >= 15 is 0 Å². The van der Waals surface area contributed by atoms with Crippen molar-refractivity contribution in [1.82, 2.24) is 14.8 Å². The summed E-state index contributed by atoms with van der Waals surface area (Å²) in [6, 6.07) is 13.6. The summed E-state index contributed by atoms with van der Waals surface area (Å²) >= 11 is 8.01. The lowest BCUT2D eigenvalue weighted by atomic mass is 10.1. The molecule has 0 bridgehead atoms. The smallest absolute Gasteiger partial charge is 0.254 e. The van der Waals surface area contributed by atoms with Gasteiger partial charge in [0.25, 0.3) is 5.91 Å². The molecule has 6 nitrogen and oxygen atoms in total. The minimum atomic E-state index is -0.0482. The van der Waals surface area contributed by atoms with Crippen LogP contribution in [0.1, 0.15) is 23.0 Å². The lowest BCUT2D eigenvalue weighted by Gasteiger charge is -2.34. The van der Waals surface area contributed by atoms with Crippen molar-refractivity contribution < 1.29 is 14.3 Å². The van der Waals surface area contributed by atoms with Crippen LogP contribution in [-0.4, -0.2) is 60.6 Å². The number of carbonyl (C=O) groups is 1. The summed E-state index contributed by atoms with van der Waals surface area (Å²) in [5.74, 6) is 0.892. The number of aromatic nitrogens is 1. The topological polar surface area (TPSA) is 54.9 Å². The number of rotatable bonds is 7. The molecule has 1 aliphatic rings. The predicted octanol–water partition coefficient (Wildman–Crippen LogP) is 4.83. The molecule has 2 heterocycles. The van der Waals surface area contributed by atoms with Gasteiger partial charge in [-0.1, -0.05) is 41.9 Å². The molecule has 2 aromatic carbocycles. The van der Waals surface area contributed by atoms with Gasteiger partial charge in [-0.2, -0.15) is 0 Å².